The summed E-state index contributed by atoms with van der Waals surface area (Å²) >= 11 is 4.81. The van der Waals surface area contributed by atoms with E-state index in [1.165, 1.54) is 0 Å². The van der Waals surface area contributed by atoms with Crippen LogP contribution in [-0.4, -0.2) is 28.9 Å². The molecule has 1 amide bonds. The number of hydrogen-bond acceptors (Lipinski definition) is 2. The molecular formula is C11H22N2OS. The molecule has 2 N–H and O–H groups in total. The molecule has 4 heteroatoms. The number of nitrogens with two attached hydrogens (primary N) is 1. The summed E-state index contributed by atoms with van der Waals surface area (Å²) in [6, 6.07) is 0. The van der Waals surface area contributed by atoms with Gasteiger partial charge in [-0.25, -0.2) is 0 Å². The Balaban J connectivity index is 4.25. The van der Waals surface area contributed by atoms with Crippen molar-refractivity contribution in [3.8, 4) is 0 Å². The van der Waals surface area contributed by atoms with E-state index in [2.05, 4.69) is 0 Å². The van der Waals surface area contributed by atoms with Crippen LogP contribution in [0.25, 0.3) is 0 Å². The van der Waals surface area contributed by atoms with Crippen molar-refractivity contribution in [2.75, 3.05) is 13.1 Å². The Hall–Kier alpha value is -0.640. The molecule has 88 valence electrons. The van der Waals surface area contributed by atoms with Crippen molar-refractivity contribution >= 4 is 23.1 Å². The Morgan fingerprint density at radius 3 is 2.20 bits per heavy atom. The Kier molecular flexibility index (Phi) is 7.30. The summed E-state index contributed by atoms with van der Waals surface area (Å²) in [6.07, 6.45) is 2.42. The summed E-state index contributed by atoms with van der Waals surface area (Å²) in [7, 11) is 0. The van der Waals surface area contributed by atoms with Gasteiger partial charge in [0.15, 0.2) is 0 Å². The van der Waals surface area contributed by atoms with E-state index in [9.17, 15) is 4.79 Å². The zero-order valence-corrected chi connectivity index (χ0v) is 10.8. The number of amides is 1. The quantitative estimate of drug-likeness (QED) is 0.680. The summed E-state index contributed by atoms with van der Waals surface area (Å²) in [4.78, 5) is 14.3. The summed E-state index contributed by atoms with van der Waals surface area (Å²) in [5.41, 5.74) is 5.43. The molecule has 0 radical (unpaired) electrons. The van der Waals surface area contributed by atoms with Gasteiger partial charge >= 0.3 is 0 Å². The minimum Gasteiger partial charge on any atom is -0.393 e. The first-order valence-corrected chi connectivity index (χ1v) is 6.04. The predicted octanol–water partition coefficient (Wildman–Crippen LogP) is 1.95. The summed E-state index contributed by atoms with van der Waals surface area (Å²) in [5.74, 6) is 0.384. The molecule has 0 aliphatic rings. The molecule has 0 saturated carbocycles. The van der Waals surface area contributed by atoms with E-state index in [0.717, 1.165) is 19.4 Å². The lowest BCUT2D eigenvalue weighted by atomic mass is 10.0. The van der Waals surface area contributed by atoms with Gasteiger partial charge in [0.1, 0.15) is 0 Å². The van der Waals surface area contributed by atoms with Crippen LogP contribution < -0.4 is 5.73 Å². The minimum absolute atomic E-state index is 0.149. The maximum absolute atomic E-state index is 12.0. The topological polar surface area (TPSA) is 46.3 Å². The second kappa shape index (κ2) is 7.63. The largest absolute Gasteiger partial charge is 0.393 e. The highest BCUT2D eigenvalue weighted by molar-refractivity contribution is 7.80. The third kappa shape index (κ3) is 5.11. The van der Waals surface area contributed by atoms with Gasteiger partial charge in [0.05, 0.1) is 4.99 Å². The van der Waals surface area contributed by atoms with Gasteiger partial charge in [0.2, 0.25) is 5.91 Å². The fraction of sp³-hybridized carbons (Fsp3) is 0.818. The number of carbonyl (C=O) groups is 1. The van der Waals surface area contributed by atoms with E-state index < -0.39 is 0 Å². The van der Waals surface area contributed by atoms with E-state index >= 15 is 0 Å². The predicted molar refractivity (Wildman–Crippen MR) is 67.7 cm³/mol. The second-order valence-corrected chi connectivity index (χ2v) is 4.17. The fourth-order valence-corrected chi connectivity index (χ4v) is 1.66. The zero-order chi connectivity index (χ0) is 11.8. The minimum atomic E-state index is 0.149. The molecule has 0 aromatic rings. The molecule has 3 nitrogen and oxygen atoms in total. The molecule has 0 unspecified atom stereocenters. The average Bonchev–Trinajstić information content (AvgIpc) is 2.20. The van der Waals surface area contributed by atoms with Gasteiger partial charge < -0.3 is 10.6 Å². The molecule has 15 heavy (non-hydrogen) atoms. The molecule has 0 aromatic heterocycles. The maximum Gasteiger partial charge on any atom is 0.225 e. The molecule has 0 rings (SSSR count). The Labute approximate surface area is 98.0 Å². The smallest absolute Gasteiger partial charge is 0.225 e. The Morgan fingerprint density at radius 1 is 1.33 bits per heavy atom. The molecular weight excluding hydrogens is 208 g/mol. The van der Waals surface area contributed by atoms with Crippen LogP contribution in [0.3, 0.4) is 0 Å². The monoisotopic (exact) mass is 230 g/mol. The number of hydrogen-bond donors (Lipinski definition) is 1. The average molecular weight is 230 g/mol. The lowest BCUT2D eigenvalue weighted by Gasteiger charge is -2.25. The van der Waals surface area contributed by atoms with E-state index in [4.69, 9.17) is 18.0 Å². The highest BCUT2D eigenvalue weighted by atomic mass is 32.1. The van der Waals surface area contributed by atoms with Crippen LogP contribution in [0.2, 0.25) is 0 Å². The normalized spacial score (nSPS) is 10.4. The molecule has 0 heterocycles. The Bertz CT molecular complexity index is 215. The summed E-state index contributed by atoms with van der Waals surface area (Å²) < 4.78 is 0. The lowest BCUT2D eigenvalue weighted by Crippen LogP contribution is -2.37. The van der Waals surface area contributed by atoms with Crippen molar-refractivity contribution in [1.29, 1.82) is 0 Å². The van der Waals surface area contributed by atoms with Crippen LogP contribution in [-0.2, 0) is 4.79 Å². The number of carbonyl (C=O) groups excluding carboxylic acids is 1. The van der Waals surface area contributed by atoms with Crippen molar-refractivity contribution in [2.45, 2.75) is 40.0 Å². The van der Waals surface area contributed by atoms with E-state index in [-0.39, 0.29) is 11.8 Å². The van der Waals surface area contributed by atoms with Crippen molar-refractivity contribution in [3.63, 3.8) is 0 Å². The van der Waals surface area contributed by atoms with Gasteiger partial charge in [-0.15, -0.1) is 0 Å². The third-order valence-electron chi connectivity index (χ3n) is 2.66. The van der Waals surface area contributed by atoms with E-state index in [0.29, 0.717) is 18.0 Å². The first kappa shape index (κ1) is 14.4. The van der Waals surface area contributed by atoms with Gasteiger partial charge in [-0.2, -0.15) is 0 Å². The number of nitrogens with zero attached hydrogens (tertiary/aromatic N) is 1. The second-order valence-electron chi connectivity index (χ2n) is 3.65. The first-order valence-electron chi connectivity index (χ1n) is 5.63. The van der Waals surface area contributed by atoms with Gasteiger partial charge in [0.25, 0.3) is 0 Å². The fourth-order valence-electron chi connectivity index (χ4n) is 1.57. The highest BCUT2D eigenvalue weighted by Gasteiger charge is 2.19. The molecule has 0 bridgehead atoms. The molecule has 0 aromatic carbocycles. The third-order valence-corrected chi connectivity index (χ3v) is 2.86. The van der Waals surface area contributed by atoms with Crippen molar-refractivity contribution in [2.24, 2.45) is 11.7 Å². The van der Waals surface area contributed by atoms with E-state index in [1.54, 1.807) is 0 Å². The van der Waals surface area contributed by atoms with Crippen LogP contribution in [0.1, 0.15) is 40.0 Å². The number of thiocarbonyl (C=S) groups is 1. The van der Waals surface area contributed by atoms with Crippen molar-refractivity contribution in [1.82, 2.24) is 4.90 Å². The summed E-state index contributed by atoms with van der Waals surface area (Å²) in [6.45, 7) is 7.47. The van der Waals surface area contributed by atoms with Crippen LogP contribution in [0.15, 0.2) is 0 Å². The van der Waals surface area contributed by atoms with Crippen molar-refractivity contribution < 1.29 is 4.79 Å². The molecule has 0 spiro atoms. The van der Waals surface area contributed by atoms with Crippen LogP contribution in [0, 0.1) is 5.92 Å². The first-order chi connectivity index (χ1) is 7.06. The molecule has 0 saturated heterocycles. The Morgan fingerprint density at radius 2 is 1.87 bits per heavy atom. The van der Waals surface area contributed by atoms with E-state index in [1.807, 2.05) is 25.7 Å². The van der Waals surface area contributed by atoms with Crippen LogP contribution >= 0.6 is 12.2 Å². The van der Waals surface area contributed by atoms with Crippen LogP contribution in [0.5, 0.6) is 0 Å². The van der Waals surface area contributed by atoms with Crippen LogP contribution in [0.4, 0.5) is 0 Å². The van der Waals surface area contributed by atoms with Gasteiger partial charge in [-0.05, 0) is 19.8 Å². The molecule has 0 atom stereocenters. The zero-order valence-electron chi connectivity index (χ0n) is 9.95. The SMILES string of the molecule is CCC(CC)C(=O)N(CC)CCC(N)=S. The molecule has 0 aliphatic heterocycles. The van der Waals surface area contributed by atoms with Gasteiger partial charge in [-0.3, -0.25) is 4.79 Å². The standard InChI is InChI=1S/C11H22N2OS/c1-4-9(5-2)11(14)13(6-3)8-7-10(12)15/h9H,4-8H2,1-3H3,(H2,12,15). The lowest BCUT2D eigenvalue weighted by molar-refractivity contribution is -0.135. The number of rotatable bonds is 7. The highest BCUT2D eigenvalue weighted by Crippen LogP contribution is 2.12. The summed E-state index contributed by atoms with van der Waals surface area (Å²) in [5, 5.41) is 0. The molecule has 0 aliphatic carbocycles. The van der Waals surface area contributed by atoms with Gasteiger partial charge in [0, 0.05) is 25.4 Å². The molecule has 0 fully saturated rings. The van der Waals surface area contributed by atoms with Gasteiger partial charge in [-0.1, -0.05) is 26.1 Å². The van der Waals surface area contributed by atoms with Crippen molar-refractivity contribution in [3.05, 3.63) is 0 Å². The maximum atomic E-state index is 12.0.